The molecule has 1 aromatic heterocycles. The third-order valence-electron chi connectivity index (χ3n) is 5.08. The Balaban J connectivity index is 1.75. The quantitative estimate of drug-likeness (QED) is 0.490. The lowest BCUT2D eigenvalue weighted by atomic mass is 10.0. The molecular weight excluding hydrogens is 388 g/mol. The van der Waals surface area contributed by atoms with E-state index in [0.717, 1.165) is 33.9 Å². The summed E-state index contributed by atoms with van der Waals surface area (Å²) < 4.78 is 6.84. The molecule has 0 radical (unpaired) electrons. The lowest BCUT2D eigenvalue weighted by Gasteiger charge is -2.10. The molecule has 146 valence electrons. The first kappa shape index (κ1) is 19.0. The van der Waals surface area contributed by atoms with Crippen LogP contribution in [0, 0.1) is 13.8 Å². The van der Waals surface area contributed by atoms with Crippen LogP contribution in [0.2, 0.25) is 5.02 Å². The molecule has 1 aliphatic rings. The average molecular weight is 407 g/mol. The van der Waals surface area contributed by atoms with Gasteiger partial charge in [-0.1, -0.05) is 17.7 Å². The maximum absolute atomic E-state index is 12.5. The second-order valence-electron chi connectivity index (χ2n) is 6.90. The number of aromatic nitrogens is 1. The van der Waals surface area contributed by atoms with E-state index in [1.54, 1.807) is 24.3 Å². The summed E-state index contributed by atoms with van der Waals surface area (Å²) in [7, 11) is 1.36. The van der Waals surface area contributed by atoms with E-state index in [1.165, 1.54) is 7.11 Å². The number of aryl methyl sites for hydroxylation is 1. The summed E-state index contributed by atoms with van der Waals surface area (Å²) in [6, 6.07) is 14.7. The van der Waals surface area contributed by atoms with Gasteiger partial charge in [0.2, 0.25) is 0 Å². The van der Waals surface area contributed by atoms with Crippen LogP contribution in [0.4, 0.5) is 5.69 Å². The first-order chi connectivity index (χ1) is 13.9. The fraction of sp³-hybridized carbons (Fsp3) is 0.130. The van der Waals surface area contributed by atoms with E-state index in [0.29, 0.717) is 16.2 Å². The summed E-state index contributed by atoms with van der Waals surface area (Å²) in [4.78, 5) is 24.1. The lowest BCUT2D eigenvalue weighted by Crippen LogP contribution is -2.04. The van der Waals surface area contributed by atoms with Crippen molar-refractivity contribution in [1.82, 2.24) is 4.57 Å². The highest BCUT2D eigenvalue weighted by molar-refractivity contribution is 6.36. The Morgan fingerprint density at radius 1 is 1.10 bits per heavy atom. The zero-order valence-corrected chi connectivity index (χ0v) is 17.0. The molecule has 0 spiro atoms. The maximum atomic E-state index is 12.5. The number of carbonyl (C=O) groups excluding carboxylic acids is 2. The highest BCUT2D eigenvalue weighted by atomic mass is 35.5. The summed E-state index contributed by atoms with van der Waals surface area (Å²) in [6.07, 6.45) is 1.90. The van der Waals surface area contributed by atoms with Crippen molar-refractivity contribution >= 4 is 40.8 Å². The van der Waals surface area contributed by atoms with Gasteiger partial charge >= 0.3 is 5.97 Å². The number of hydrogen-bond donors (Lipinski definition) is 1. The molecule has 1 N–H and O–H groups in total. The van der Waals surface area contributed by atoms with Crippen molar-refractivity contribution in [2.24, 2.45) is 0 Å². The molecule has 0 atom stereocenters. The smallest absolute Gasteiger partial charge is 0.337 e. The van der Waals surface area contributed by atoms with Crippen LogP contribution < -0.4 is 5.32 Å². The maximum Gasteiger partial charge on any atom is 0.337 e. The van der Waals surface area contributed by atoms with E-state index in [-0.39, 0.29) is 11.9 Å². The zero-order valence-electron chi connectivity index (χ0n) is 16.2. The van der Waals surface area contributed by atoms with Crippen molar-refractivity contribution in [2.75, 3.05) is 12.4 Å². The number of hydrogen-bond acceptors (Lipinski definition) is 3. The van der Waals surface area contributed by atoms with Gasteiger partial charge in [-0.15, -0.1) is 0 Å². The van der Waals surface area contributed by atoms with E-state index < -0.39 is 0 Å². The van der Waals surface area contributed by atoms with Crippen molar-refractivity contribution in [3.05, 3.63) is 81.6 Å². The van der Waals surface area contributed by atoms with Gasteiger partial charge in [-0.05, 0) is 68.0 Å². The van der Waals surface area contributed by atoms with Crippen molar-refractivity contribution in [2.45, 2.75) is 13.8 Å². The second kappa shape index (κ2) is 7.26. The van der Waals surface area contributed by atoms with Crippen molar-refractivity contribution in [3.63, 3.8) is 0 Å². The standard InChI is InChI=1S/C23H19ClN2O3/c1-13-10-16(11-20-19-9-6-17(24)12-21(19)25-22(20)27)14(2)26(13)18-7-4-15(5-8-18)23(28)29-3/h4-12H,1-3H3,(H,25,27)/b20-11+. The van der Waals surface area contributed by atoms with E-state index in [4.69, 9.17) is 16.3 Å². The van der Waals surface area contributed by atoms with Crippen LogP contribution in [-0.4, -0.2) is 23.6 Å². The number of carbonyl (C=O) groups is 2. The number of methoxy groups -OCH3 is 1. The van der Waals surface area contributed by atoms with Gasteiger partial charge in [-0.2, -0.15) is 0 Å². The molecule has 3 aromatic rings. The van der Waals surface area contributed by atoms with Gasteiger partial charge in [0.15, 0.2) is 0 Å². The number of nitrogens with zero attached hydrogens (tertiary/aromatic N) is 1. The summed E-state index contributed by atoms with van der Waals surface area (Å²) in [6.45, 7) is 4.01. The number of nitrogens with one attached hydrogen (secondary N) is 1. The van der Waals surface area contributed by atoms with Gasteiger partial charge in [0, 0.05) is 33.2 Å². The van der Waals surface area contributed by atoms with Crippen LogP contribution in [-0.2, 0) is 9.53 Å². The van der Waals surface area contributed by atoms with Gasteiger partial charge < -0.3 is 14.6 Å². The Bertz CT molecular complexity index is 1170. The topological polar surface area (TPSA) is 60.3 Å². The molecule has 0 bridgehead atoms. The van der Waals surface area contributed by atoms with Crippen molar-refractivity contribution in [3.8, 4) is 5.69 Å². The van der Waals surface area contributed by atoms with E-state index >= 15 is 0 Å². The van der Waals surface area contributed by atoms with Gasteiger partial charge in [-0.25, -0.2) is 4.79 Å². The molecule has 0 unspecified atom stereocenters. The first-order valence-corrected chi connectivity index (χ1v) is 9.47. The average Bonchev–Trinajstić information content (AvgIpc) is 3.16. The summed E-state index contributed by atoms with van der Waals surface area (Å²) in [5.74, 6) is -0.511. The minimum atomic E-state index is -0.367. The molecule has 0 saturated heterocycles. The largest absolute Gasteiger partial charge is 0.465 e. The monoisotopic (exact) mass is 406 g/mol. The van der Waals surface area contributed by atoms with E-state index in [2.05, 4.69) is 9.88 Å². The third-order valence-corrected chi connectivity index (χ3v) is 5.32. The number of anilines is 1. The molecule has 2 aromatic carbocycles. The van der Waals surface area contributed by atoms with Crippen molar-refractivity contribution in [1.29, 1.82) is 0 Å². The summed E-state index contributed by atoms with van der Waals surface area (Å²) in [5.41, 5.74) is 6.57. The minimum Gasteiger partial charge on any atom is -0.465 e. The molecule has 0 saturated carbocycles. The van der Waals surface area contributed by atoms with Crippen LogP contribution in [0.1, 0.15) is 32.9 Å². The number of fused-ring (bicyclic) bond motifs is 1. The molecule has 6 heteroatoms. The molecular formula is C23H19ClN2O3. The number of halogens is 1. The van der Waals surface area contributed by atoms with Crippen LogP contribution in [0.3, 0.4) is 0 Å². The Labute approximate surface area is 173 Å². The van der Waals surface area contributed by atoms with Gasteiger partial charge in [-0.3, -0.25) is 4.79 Å². The van der Waals surface area contributed by atoms with E-state index in [1.807, 2.05) is 44.2 Å². The number of rotatable bonds is 3. The molecule has 29 heavy (non-hydrogen) atoms. The van der Waals surface area contributed by atoms with Crippen LogP contribution in [0.25, 0.3) is 17.3 Å². The number of ether oxygens (including phenoxy) is 1. The summed E-state index contributed by atoms with van der Waals surface area (Å²) in [5, 5.41) is 3.44. The Morgan fingerprint density at radius 2 is 1.83 bits per heavy atom. The molecule has 4 rings (SSSR count). The van der Waals surface area contributed by atoms with Crippen LogP contribution >= 0.6 is 11.6 Å². The van der Waals surface area contributed by atoms with Gasteiger partial charge in [0.25, 0.3) is 5.91 Å². The highest BCUT2D eigenvalue weighted by Crippen LogP contribution is 2.36. The number of amides is 1. The van der Waals surface area contributed by atoms with Crippen LogP contribution in [0.5, 0.6) is 0 Å². The molecule has 0 fully saturated rings. The Kier molecular flexibility index (Phi) is 4.76. The predicted octanol–water partition coefficient (Wildman–Crippen LogP) is 5.03. The third kappa shape index (κ3) is 3.34. The normalized spacial score (nSPS) is 14.1. The molecule has 1 aliphatic heterocycles. The van der Waals surface area contributed by atoms with Crippen molar-refractivity contribution < 1.29 is 14.3 Å². The van der Waals surface area contributed by atoms with E-state index in [9.17, 15) is 9.59 Å². The SMILES string of the molecule is COC(=O)c1ccc(-n2c(C)cc(/C=C3/C(=O)Nc4cc(Cl)ccc43)c2C)cc1. The molecule has 0 aliphatic carbocycles. The fourth-order valence-electron chi connectivity index (χ4n) is 3.66. The lowest BCUT2D eigenvalue weighted by molar-refractivity contribution is -0.110. The second-order valence-corrected chi connectivity index (χ2v) is 7.34. The summed E-state index contributed by atoms with van der Waals surface area (Å²) >= 11 is 6.03. The van der Waals surface area contributed by atoms with Crippen LogP contribution in [0.15, 0.2) is 48.5 Å². The molecule has 1 amide bonds. The molecule has 2 heterocycles. The minimum absolute atomic E-state index is 0.144. The fourth-order valence-corrected chi connectivity index (χ4v) is 3.83. The number of esters is 1. The Hall–Kier alpha value is -3.31. The van der Waals surface area contributed by atoms with Gasteiger partial charge in [0.05, 0.1) is 18.4 Å². The predicted molar refractivity (Wildman–Crippen MR) is 115 cm³/mol. The Morgan fingerprint density at radius 3 is 2.52 bits per heavy atom. The first-order valence-electron chi connectivity index (χ1n) is 9.09. The highest BCUT2D eigenvalue weighted by Gasteiger charge is 2.25. The van der Waals surface area contributed by atoms with Gasteiger partial charge in [0.1, 0.15) is 0 Å². The number of benzene rings is 2. The molecule has 5 nitrogen and oxygen atoms in total. The zero-order chi connectivity index (χ0) is 20.7.